The van der Waals surface area contributed by atoms with Gasteiger partial charge in [-0.2, -0.15) is 4.98 Å². The molecule has 42 heavy (non-hydrogen) atoms. The molecule has 0 aliphatic heterocycles. The standard InChI is InChI=1S/C38H50N4/c1-10-13-19-39-37-34-16-14-15-33(35-28(8)21-30(22-29(35)9)26(6)20-24(4)11-2)36(34)41-38(42-37)40-31-17-18-32(25(5)12-3)27(7)23-31/h14-18,20-23,26-27H,10-13,19H2,1-9H3,(H2,39,40,41,42)/b24-20+,32-25+. The van der Waals surface area contributed by atoms with Crippen LogP contribution in [-0.2, 0) is 0 Å². The lowest BCUT2D eigenvalue weighted by Gasteiger charge is -2.20. The van der Waals surface area contributed by atoms with Crippen LogP contribution in [0.5, 0.6) is 0 Å². The smallest absolute Gasteiger partial charge is 0.229 e. The van der Waals surface area contributed by atoms with E-state index in [0.29, 0.717) is 17.8 Å². The lowest BCUT2D eigenvalue weighted by Crippen LogP contribution is -2.11. The van der Waals surface area contributed by atoms with Crippen molar-refractivity contribution in [1.82, 2.24) is 9.97 Å². The number of unbranched alkanes of at least 4 members (excludes halogenated alkanes) is 1. The molecule has 2 atom stereocenters. The lowest BCUT2D eigenvalue weighted by molar-refractivity contribution is 0.831. The number of anilines is 2. The number of aromatic nitrogens is 2. The zero-order chi connectivity index (χ0) is 30.4. The maximum absolute atomic E-state index is 5.16. The van der Waals surface area contributed by atoms with Gasteiger partial charge in [0.05, 0.1) is 5.52 Å². The van der Waals surface area contributed by atoms with Gasteiger partial charge in [-0.3, -0.25) is 0 Å². The van der Waals surface area contributed by atoms with E-state index < -0.39 is 0 Å². The van der Waals surface area contributed by atoms with Gasteiger partial charge in [0.1, 0.15) is 5.82 Å². The Bertz CT molecular complexity index is 1530. The van der Waals surface area contributed by atoms with Crippen LogP contribution in [0.3, 0.4) is 0 Å². The SMILES string of the molecule is CCCCNc1nc(NC2=CC(C)/C(=C(\C)CC)C=C2)nc2c(-c3c(C)cc(C(C)/C=C(\C)CC)cc3C)cccc12. The van der Waals surface area contributed by atoms with Crippen molar-refractivity contribution in [3.05, 3.63) is 93.7 Å². The molecule has 4 heteroatoms. The predicted molar refractivity (Wildman–Crippen MR) is 183 cm³/mol. The second-order valence-corrected chi connectivity index (χ2v) is 12.0. The van der Waals surface area contributed by atoms with Gasteiger partial charge in [-0.05, 0) is 92.8 Å². The number of benzene rings is 2. The van der Waals surface area contributed by atoms with Gasteiger partial charge in [0.2, 0.25) is 5.95 Å². The van der Waals surface area contributed by atoms with E-state index in [0.717, 1.165) is 60.2 Å². The second kappa shape index (κ2) is 14.0. The van der Waals surface area contributed by atoms with Gasteiger partial charge >= 0.3 is 0 Å². The molecule has 0 spiro atoms. The third-order valence-corrected chi connectivity index (χ3v) is 8.63. The summed E-state index contributed by atoms with van der Waals surface area (Å²) in [6.45, 7) is 21.0. The van der Waals surface area contributed by atoms with Crippen molar-refractivity contribution < 1.29 is 0 Å². The highest BCUT2D eigenvalue weighted by Gasteiger charge is 2.18. The van der Waals surface area contributed by atoms with Crippen molar-refractivity contribution in [3.63, 3.8) is 0 Å². The van der Waals surface area contributed by atoms with Crippen molar-refractivity contribution in [2.24, 2.45) is 5.92 Å². The van der Waals surface area contributed by atoms with E-state index in [9.17, 15) is 0 Å². The minimum Gasteiger partial charge on any atom is -0.369 e. The van der Waals surface area contributed by atoms with Gasteiger partial charge in [0, 0.05) is 29.1 Å². The van der Waals surface area contributed by atoms with Crippen LogP contribution in [0.25, 0.3) is 22.0 Å². The van der Waals surface area contributed by atoms with Gasteiger partial charge in [0.25, 0.3) is 0 Å². The van der Waals surface area contributed by atoms with E-state index >= 15 is 0 Å². The predicted octanol–water partition coefficient (Wildman–Crippen LogP) is 10.8. The molecule has 2 unspecified atom stereocenters. The van der Waals surface area contributed by atoms with Gasteiger partial charge in [0.15, 0.2) is 0 Å². The molecule has 4 rings (SSSR count). The highest BCUT2D eigenvalue weighted by Crippen LogP contribution is 2.37. The molecule has 1 aliphatic carbocycles. The number of aryl methyl sites for hydroxylation is 2. The Kier molecular flexibility index (Phi) is 10.4. The van der Waals surface area contributed by atoms with Gasteiger partial charge in [-0.25, -0.2) is 4.98 Å². The summed E-state index contributed by atoms with van der Waals surface area (Å²) in [4.78, 5) is 10.1. The average molecular weight is 563 g/mol. The molecule has 222 valence electrons. The van der Waals surface area contributed by atoms with Crippen LogP contribution in [0, 0.1) is 19.8 Å². The van der Waals surface area contributed by atoms with Crippen molar-refractivity contribution in [2.75, 3.05) is 17.2 Å². The Morgan fingerprint density at radius 1 is 1.00 bits per heavy atom. The first-order valence-electron chi connectivity index (χ1n) is 15.9. The largest absolute Gasteiger partial charge is 0.369 e. The fourth-order valence-electron chi connectivity index (χ4n) is 5.95. The van der Waals surface area contributed by atoms with Crippen LogP contribution in [0.4, 0.5) is 11.8 Å². The Morgan fingerprint density at radius 2 is 1.74 bits per heavy atom. The number of hydrogen-bond donors (Lipinski definition) is 2. The zero-order valence-corrected chi connectivity index (χ0v) is 27.3. The number of nitrogens with zero attached hydrogens (tertiary/aromatic N) is 2. The molecule has 3 aromatic rings. The quantitative estimate of drug-likeness (QED) is 0.180. The minimum absolute atomic E-state index is 0.345. The van der Waals surface area contributed by atoms with Crippen molar-refractivity contribution in [2.45, 2.75) is 93.9 Å². The first-order chi connectivity index (χ1) is 20.2. The summed E-state index contributed by atoms with van der Waals surface area (Å²) in [6, 6.07) is 11.2. The summed E-state index contributed by atoms with van der Waals surface area (Å²) >= 11 is 0. The maximum atomic E-state index is 5.16. The average Bonchev–Trinajstić information content (AvgIpc) is 2.96. The maximum Gasteiger partial charge on any atom is 0.229 e. The van der Waals surface area contributed by atoms with Gasteiger partial charge < -0.3 is 10.6 Å². The Morgan fingerprint density at radius 3 is 2.38 bits per heavy atom. The normalized spacial score (nSPS) is 17.3. The van der Waals surface area contributed by atoms with Crippen LogP contribution >= 0.6 is 0 Å². The molecule has 4 nitrogen and oxygen atoms in total. The zero-order valence-electron chi connectivity index (χ0n) is 27.3. The van der Waals surface area contributed by atoms with Gasteiger partial charge in [-0.1, -0.05) is 94.7 Å². The second-order valence-electron chi connectivity index (χ2n) is 12.0. The fourth-order valence-corrected chi connectivity index (χ4v) is 5.95. The van der Waals surface area contributed by atoms with E-state index in [-0.39, 0.29) is 0 Å². The molecule has 1 heterocycles. The van der Waals surface area contributed by atoms with Crippen LogP contribution in [0.1, 0.15) is 96.8 Å². The molecule has 0 radical (unpaired) electrons. The molecule has 0 saturated heterocycles. The molecule has 1 aliphatic rings. The number of para-hydroxylation sites is 1. The number of allylic oxidation sites excluding steroid dienone is 7. The molecule has 0 fully saturated rings. The summed E-state index contributed by atoms with van der Waals surface area (Å²) in [5, 5.41) is 8.22. The number of nitrogens with one attached hydrogen (secondary N) is 2. The molecule has 0 saturated carbocycles. The molecule has 1 aromatic heterocycles. The van der Waals surface area contributed by atoms with Crippen LogP contribution in [-0.4, -0.2) is 16.5 Å². The van der Waals surface area contributed by atoms with Crippen molar-refractivity contribution in [1.29, 1.82) is 0 Å². The topological polar surface area (TPSA) is 49.8 Å². The molecule has 0 bridgehead atoms. The molecular weight excluding hydrogens is 512 g/mol. The van der Waals surface area contributed by atoms with E-state index in [4.69, 9.17) is 9.97 Å². The highest BCUT2D eigenvalue weighted by molar-refractivity contribution is 6.01. The van der Waals surface area contributed by atoms with Crippen LogP contribution in [0.2, 0.25) is 0 Å². The van der Waals surface area contributed by atoms with E-state index in [1.54, 1.807) is 0 Å². The van der Waals surface area contributed by atoms with Crippen LogP contribution < -0.4 is 10.6 Å². The van der Waals surface area contributed by atoms with Crippen LogP contribution in [0.15, 0.2) is 77.1 Å². The first-order valence-corrected chi connectivity index (χ1v) is 15.9. The number of fused-ring (bicyclic) bond motifs is 1. The summed E-state index contributed by atoms with van der Waals surface area (Å²) in [6.07, 6.45) is 13.4. The molecular formula is C38H50N4. The molecule has 0 amide bonds. The van der Waals surface area contributed by atoms with E-state index in [2.05, 4.69) is 128 Å². The summed E-state index contributed by atoms with van der Waals surface area (Å²) in [5.74, 6) is 2.23. The monoisotopic (exact) mass is 562 g/mol. The van der Waals surface area contributed by atoms with E-state index in [1.807, 2.05) is 0 Å². The van der Waals surface area contributed by atoms with Crippen molar-refractivity contribution >= 4 is 22.7 Å². The fraction of sp³-hybridized carbons (Fsp3) is 0.421. The summed E-state index contributed by atoms with van der Waals surface area (Å²) in [7, 11) is 0. The summed E-state index contributed by atoms with van der Waals surface area (Å²) < 4.78 is 0. The third kappa shape index (κ3) is 7.03. The summed E-state index contributed by atoms with van der Waals surface area (Å²) in [5.41, 5.74) is 12.6. The highest BCUT2D eigenvalue weighted by atomic mass is 15.1. The van der Waals surface area contributed by atoms with E-state index in [1.165, 1.54) is 39.0 Å². The Labute approximate surface area is 254 Å². The number of rotatable bonds is 11. The first kappa shape index (κ1) is 31.3. The van der Waals surface area contributed by atoms with Crippen molar-refractivity contribution in [3.8, 4) is 11.1 Å². The minimum atomic E-state index is 0.345. The Balaban J connectivity index is 1.81. The molecule has 2 N–H and O–H groups in total. The molecule has 2 aromatic carbocycles. The lowest BCUT2D eigenvalue weighted by atomic mass is 9.88. The Hall–Kier alpha value is -3.66. The third-order valence-electron chi connectivity index (χ3n) is 8.63. The van der Waals surface area contributed by atoms with Gasteiger partial charge in [-0.15, -0.1) is 0 Å². The number of hydrogen-bond acceptors (Lipinski definition) is 4.